The third-order valence-corrected chi connectivity index (χ3v) is 3.38. The molecule has 17 heavy (non-hydrogen) atoms. The van der Waals surface area contributed by atoms with Gasteiger partial charge in [0.1, 0.15) is 0 Å². The third-order valence-electron chi connectivity index (χ3n) is 2.88. The molecule has 1 aliphatic rings. The van der Waals surface area contributed by atoms with Crippen LogP contribution in [0.25, 0.3) is 0 Å². The van der Waals surface area contributed by atoms with Crippen molar-refractivity contribution in [3.8, 4) is 0 Å². The van der Waals surface area contributed by atoms with E-state index in [1.54, 1.807) is 6.08 Å². The lowest BCUT2D eigenvalue weighted by atomic mass is 10.00. The molecule has 1 N–H and O–H groups in total. The molecule has 0 aliphatic carbocycles. The molecule has 1 aromatic rings. The Morgan fingerprint density at radius 1 is 1.47 bits per heavy atom. The number of halogens is 1. The van der Waals surface area contributed by atoms with Crippen molar-refractivity contribution in [3.05, 3.63) is 46.0 Å². The minimum absolute atomic E-state index is 0.693. The number of benzene rings is 1. The van der Waals surface area contributed by atoms with Gasteiger partial charge >= 0.3 is 5.97 Å². The number of nitrogens with zero attached hydrogens (tertiary/aromatic N) is 1. The molecule has 1 aromatic carbocycles. The molecule has 2 rings (SSSR count). The zero-order valence-corrected chi connectivity index (χ0v) is 11.0. The topological polar surface area (TPSA) is 40.5 Å². The molecule has 0 aromatic heterocycles. The minimum atomic E-state index is -0.884. The SMILES string of the molecule is O=C(O)/C=C/CN1CCc2ccc(Br)cc2C1. The number of rotatable bonds is 3. The van der Waals surface area contributed by atoms with Gasteiger partial charge in [-0.15, -0.1) is 0 Å². The standard InChI is InChI=1S/C13H14BrNO2/c14-12-4-3-10-5-7-15(9-11(10)8-12)6-1-2-13(16)17/h1-4,8H,5-7,9H2,(H,16,17)/b2-1+. The van der Waals surface area contributed by atoms with Crippen LogP contribution in [0.15, 0.2) is 34.8 Å². The van der Waals surface area contributed by atoms with Crippen molar-refractivity contribution >= 4 is 21.9 Å². The van der Waals surface area contributed by atoms with Crippen LogP contribution in [-0.4, -0.2) is 29.1 Å². The second-order valence-electron chi connectivity index (χ2n) is 4.14. The lowest BCUT2D eigenvalue weighted by Gasteiger charge is -2.27. The van der Waals surface area contributed by atoms with Gasteiger partial charge in [0.05, 0.1) is 0 Å². The molecule has 0 radical (unpaired) electrons. The zero-order chi connectivity index (χ0) is 12.3. The van der Waals surface area contributed by atoms with E-state index in [1.807, 2.05) is 0 Å². The van der Waals surface area contributed by atoms with Crippen LogP contribution in [-0.2, 0) is 17.8 Å². The Balaban J connectivity index is 2.00. The Morgan fingerprint density at radius 3 is 3.06 bits per heavy atom. The Bertz CT molecular complexity index is 457. The minimum Gasteiger partial charge on any atom is -0.478 e. The highest BCUT2D eigenvalue weighted by atomic mass is 79.9. The van der Waals surface area contributed by atoms with Crippen LogP contribution in [0, 0.1) is 0 Å². The molecule has 0 saturated carbocycles. The Labute approximate surface area is 109 Å². The van der Waals surface area contributed by atoms with E-state index in [9.17, 15) is 4.79 Å². The molecule has 90 valence electrons. The van der Waals surface area contributed by atoms with Crippen LogP contribution in [0.4, 0.5) is 0 Å². The second-order valence-corrected chi connectivity index (χ2v) is 5.05. The van der Waals surface area contributed by atoms with E-state index in [1.165, 1.54) is 17.2 Å². The molecule has 0 bridgehead atoms. The summed E-state index contributed by atoms with van der Waals surface area (Å²) in [5.41, 5.74) is 2.72. The molecular weight excluding hydrogens is 282 g/mol. The highest BCUT2D eigenvalue weighted by Gasteiger charge is 2.14. The number of hydrogen-bond donors (Lipinski definition) is 1. The number of carboxylic acid groups (broad SMARTS) is 1. The van der Waals surface area contributed by atoms with Gasteiger partial charge in [0.2, 0.25) is 0 Å². The summed E-state index contributed by atoms with van der Waals surface area (Å²) in [6.07, 6.45) is 3.94. The first-order valence-electron chi connectivity index (χ1n) is 5.54. The summed E-state index contributed by atoms with van der Waals surface area (Å²) < 4.78 is 1.10. The third kappa shape index (κ3) is 3.41. The normalized spacial score (nSPS) is 16.1. The molecule has 1 heterocycles. The quantitative estimate of drug-likeness (QED) is 0.871. The Hall–Kier alpha value is -1.13. The van der Waals surface area contributed by atoms with Gasteiger partial charge in [0.25, 0.3) is 0 Å². The molecule has 0 fully saturated rings. The van der Waals surface area contributed by atoms with Gasteiger partial charge in [0, 0.05) is 30.2 Å². The maximum atomic E-state index is 10.4. The second kappa shape index (κ2) is 5.47. The number of fused-ring (bicyclic) bond motifs is 1. The van der Waals surface area contributed by atoms with Gasteiger partial charge < -0.3 is 5.11 Å². The zero-order valence-electron chi connectivity index (χ0n) is 9.40. The maximum Gasteiger partial charge on any atom is 0.328 e. The van der Waals surface area contributed by atoms with E-state index in [0.29, 0.717) is 6.54 Å². The van der Waals surface area contributed by atoms with E-state index in [2.05, 4.69) is 39.0 Å². The molecule has 1 aliphatic heterocycles. The number of carbonyl (C=O) groups is 1. The van der Waals surface area contributed by atoms with Crippen LogP contribution in [0.1, 0.15) is 11.1 Å². The smallest absolute Gasteiger partial charge is 0.328 e. The van der Waals surface area contributed by atoms with E-state index in [-0.39, 0.29) is 0 Å². The average Bonchev–Trinajstić information content (AvgIpc) is 2.28. The monoisotopic (exact) mass is 295 g/mol. The number of aliphatic carboxylic acids is 1. The van der Waals surface area contributed by atoms with Gasteiger partial charge in [-0.25, -0.2) is 4.79 Å². The predicted molar refractivity (Wildman–Crippen MR) is 69.9 cm³/mol. The van der Waals surface area contributed by atoms with Gasteiger partial charge in [-0.3, -0.25) is 4.90 Å². The predicted octanol–water partition coefficient (Wildman–Crippen LogP) is 2.45. The number of hydrogen-bond acceptors (Lipinski definition) is 2. The summed E-state index contributed by atoms with van der Waals surface area (Å²) >= 11 is 3.47. The molecule has 0 saturated heterocycles. The molecule has 0 spiro atoms. The summed E-state index contributed by atoms with van der Waals surface area (Å²) in [4.78, 5) is 12.6. The van der Waals surface area contributed by atoms with Crippen molar-refractivity contribution in [2.75, 3.05) is 13.1 Å². The van der Waals surface area contributed by atoms with E-state index < -0.39 is 5.97 Å². The highest BCUT2D eigenvalue weighted by Crippen LogP contribution is 2.22. The van der Waals surface area contributed by atoms with Crippen molar-refractivity contribution in [1.82, 2.24) is 4.90 Å². The summed E-state index contributed by atoms with van der Waals surface area (Å²) in [6.45, 7) is 2.57. The lowest BCUT2D eigenvalue weighted by Crippen LogP contribution is -2.30. The van der Waals surface area contributed by atoms with Gasteiger partial charge in [-0.2, -0.15) is 0 Å². The molecule has 0 atom stereocenters. The summed E-state index contributed by atoms with van der Waals surface area (Å²) in [5, 5.41) is 8.53. The summed E-state index contributed by atoms with van der Waals surface area (Å²) in [6, 6.07) is 6.37. The van der Waals surface area contributed by atoms with Crippen LogP contribution in [0.3, 0.4) is 0 Å². The van der Waals surface area contributed by atoms with Crippen molar-refractivity contribution in [2.45, 2.75) is 13.0 Å². The first-order valence-corrected chi connectivity index (χ1v) is 6.33. The highest BCUT2D eigenvalue weighted by molar-refractivity contribution is 9.10. The first kappa shape index (κ1) is 12.3. The largest absolute Gasteiger partial charge is 0.478 e. The van der Waals surface area contributed by atoms with E-state index in [0.717, 1.165) is 24.0 Å². The van der Waals surface area contributed by atoms with Gasteiger partial charge in [-0.1, -0.05) is 28.1 Å². The van der Waals surface area contributed by atoms with Crippen LogP contribution in [0.5, 0.6) is 0 Å². The van der Waals surface area contributed by atoms with Gasteiger partial charge in [-0.05, 0) is 29.7 Å². The summed E-state index contributed by atoms with van der Waals surface area (Å²) in [5.74, 6) is -0.884. The Morgan fingerprint density at radius 2 is 2.29 bits per heavy atom. The fourth-order valence-electron chi connectivity index (χ4n) is 2.04. The number of carboxylic acids is 1. The maximum absolute atomic E-state index is 10.4. The van der Waals surface area contributed by atoms with Crippen molar-refractivity contribution in [1.29, 1.82) is 0 Å². The van der Waals surface area contributed by atoms with Crippen LogP contribution >= 0.6 is 15.9 Å². The lowest BCUT2D eigenvalue weighted by molar-refractivity contribution is -0.131. The van der Waals surface area contributed by atoms with Crippen LogP contribution in [0.2, 0.25) is 0 Å². The van der Waals surface area contributed by atoms with E-state index in [4.69, 9.17) is 5.11 Å². The Kier molecular flexibility index (Phi) is 3.97. The molecular formula is C13H14BrNO2. The average molecular weight is 296 g/mol. The molecule has 3 nitrogen and oxygen atoms in total. The summed E-state index contributed by atoms with van der Waals surface area (Å²) in [7, 11) is 0. The van der Waals surface area contributed by atoms with Crippen molar-refractivity contribution in [2.24, 2.45) is 0 Å². The first-order chi connectivity index (χ1) is 8.15. The van der Waals surface area contributed by atoms with Crippen LogP contribution < -0.4 is 0 Å². The molecule has 4 heteroatoms. The molecule has 0 unspecified atom stereocenters. The fourth-order valence-corrected chi connectivity index (χ4v) is 2.45. The fraction of sp³-hybridized carbons (Fsp3) is 0.308. The van der Waals surface area contributed by atoms with E-state index >= 15 is 0 Å². The van der Waals surface area contributed by atoms with Crippen molar-refractivity contribution < 1.29 is 9.90 Å². The van der Waals surface area contributed by atoms with Crippen molar-refractivity contribution in [3.63, 3.8) is 0 Å². The molecule has 0 amide bonds. The van der Waals surface area contributed by atoms with Gasteiger partial charge in [0.15, 0.2) is 0 Å².